The highest BCUT2D eigenvalue weighted by molar-refractivity contribution is 6.36. The lowest BCUT2D eigenvalue weighted by atomic mass is 10.2. The van der Waals surface area contributed by atoms with E-state index in [4.69, 9.17) is 28.9 Å². The molecule has 2 aromatic heterocycles. The molecule has 0 spiro atoms. The van der Waals surface area contributed by atoms with Gasteiger partial charge in [-0.2, -0.15) is 4.98 Å². The van der Waals surface area contributed by atoms with Crippen LogP contribution in [0.3, 0.4) is 0 Å². The minimum Gasteiger partial charge on any atom is -0.368 e. The average Bonchev–Trinajstić information content (AvgIpc) is 2.86. The smallest absolute Gasteiger partial charge is 0.222 e. The third-order valence-corrected chi connectivity index (χ3v) is 3.63. The first kappa shape index (κ1) is 13.0. The van der Waals surface area contributed by atoms with E-state index in [1.54, 1.807) is 24.4 Å². The predicted octanol–water partition coefficient (Wildman–Crippen LogP) is 3.46. The number of nitrogens with zero attached hydrogens (tertiary/aromatic N) is 2. The minimum absolute atomic E-state index is 0.213. The monoisotopic (exact) mass is 307 g/mol. The average molecular weight is 308 g/mol. The van der Waals surface area contributed by atoms with Crippen molar-refractivity contribution >= 4 is 46.0 Å². The molecule has 0 unspecified atom stereocenters. The van der Waals surface area contributed by atoms with Crippen LogP contribution < -0.4 is 11.1 Å². The fraction of sp³-hybridized carbons (Fsp3) is 0.0769. The van der Waals surface area contributed by atoms with E-state index in [1.807, 2.05) is 6.07 Å². The fourth-order valence-electron chi connectivity index (χ4n) is 1.96. The van der Waals surface area contributed by atoms with Gasteiger partial charge in [-0.3, -0.25) is 0 Å². The maximum atomic E-state index is 6.13. The van der Waals surface area contributed by atoms with Crippen LogP contribution in [0.1, 0.15) is 5.56 Å². The van der Waals surface area contributed by atoms with E-state index in [9.17, 15) is 0 Å². The lowest BCUT2D eigenvalue weighted by Crippen LogP contribution is -2.06. The van der Waals surface area contributed by atoms with Crippen LogP contribution in [0.5, 0.6) is 0 Å². The molecule has 5 nitrogen and oxygen atoms in total. The van der Waals surface area contributed by atoms with Crippen LogP contribution in [0.25, 0.3) is 11.0 Å². The molecule has 102 valence electrons. The molecule has 3 rings (SSSR count). The quantitative estimate of drug-likeness (QED) is 0.692. The van der Waals surface area contributed by atoms with Gasteiger partial charge in [0.2, 0.25) is 5.95 Å². The summed E-state index contributed by atoms with van der Waals surface area (Å²) in [6.45, 7) is 0.448. The Kier molecular flexibility index (Phi) is 3.38. The summed E-state index contributed by atoms with van der Waals surface area (Å²) in [4.78, 5) is 11.4. The number of nitrogens with one attached hydrogen (secondary N) is 2. The van der Waals surface area contributed by atoms with Crippen LogP contribution in [0.15, 0.2) is 30.5 Å². The highest BCUT2D eigenvalue weighted by Gasteiger charge is 2.09. The zero-order valence-electron chi connectivity index (χ0n) is 10.3. The zero-order chi connectivity index (χ0) is 14.1. The number of fused-ring (bicyclic) bond motifs is 1. The number of benzene rings is 1. The van der Waals surface area contributed by atoms with Crippen molar-refractivity contribution in [1.82, 2.24) is 15.0 Å². The van der Waals surface area contributed by atoms with E-state index >= 15 is 0 Å². The van der Waals surface area contributed by atoms with Gasteiger partial charge in [0.15, 0.2) is 5.82 Å². The molecule has 0 aliphatic rings. The number of rotatable bonds is 3. The van der Waals surface area contributed by atoms with E-state index in [1.165, 1.54) is 0 Å². The van der Waals surface area contributed by atoms with Crippen molar-refractivity contribution in [2.24, 2.45) is 0 Å². The number of hydrogen-bond donors (Lipinski definition) is 3. The molecule has 0 atom stereocenters. The molecule has 0 aliphatic carbocycles. The van der Waals surface area contributed by atoms with Crippen LogP contribution >= 0.6 is 23.2 Å². The number of anilines is 2. The van der Waals surface area contributed by atoms with Crippen molar-refractivity contribution in [2.75, 3.05) is 11.1 Å². The molecule has 1 aromatic carbocycles. The first-order chi connectivity index (χ1) is 9.65. The molecule has 3 aromatic rings. The van der Waals surface area contributed by atoms with E-state index in [2.05, 4.69) is 20.3 Å². The Labute approximate surface area is 125 Å². The van der Waals surface area contributed by atoms with Crippen molar-refractivity contribution in [3.05, 3.63) is 46.1 Å². The Morgan fingerprint density at radius 3 is 2.65 bits per heavy atom. The Balaban J connectivity index is 1.92. The van der Waals surface area contributed by atoms with Crippen LogP contribution in [0, 0.1) is 0 Å². The summed E-state index contributed by atoms with van der Waals surface area (Å²) in [5.41, 5.74) is 8.05. The van der Waals surface area contributed by atoms with E-state index < -0.39 is 0 Å². The Bertz CT molecular complexity index is 748. The van der Waals surface area contributed by atoms with E-state index in [-0.39, 0.29) is 5.95 Å². The number of aromatic nitrogens is 3. The summed E-state index contributed by atoms with van der Waals surface area (Å²) >= 11 is 12.3. The number of H-pyrrole nitrogens is 1. The fourth-order valence-corrected chi connectivity index (χ4v) is 2.50. The van der Waals surface area contributed by atoms with Crippen LogP contribution in [0.2, 0.25) is 10.0 Å². The molecule has 20 heavy (non-hydrogen) atoms. The molecule has 0 bridgehead atoms. The van der Waals surface area contributed by atoms with Gasteiger partial charge in [0, 0.05) is 28.4 Å². The van der Waals surface area contributed by atoms with Crippen molar-refractivity contribution in [1.29, 1.82) is 0 Å². The summed E-state index contributed by atoms with van der Waals surface area (Å²) in [6, 6.07) is 7.23. The first-order valence-electron chi connectivity index (χ1n) is 5.92. The Morgan fingerprint density at radius 2 is 1.90 bits per heavy atom. The highest BCUT2D eigenvalue weighted by atomic mass is 35.5. The highest BCUT2D eigenvalue weighted by Crippen LogP contribution is 2.26. The molecule has 0 fully saturated rings. The van der Waals surface area contributed by atoms with Gasteiger partial charge < -0.3 is 16.0 Å². The standard InChI is InChI=1S/C13H11Cl2N5/c14-8-2-1-3-9(15)7(8)6-18-12-11-10(4-5-17-11)19-13(16)20-12/h1-5,17H,6H2,(H3,16,18,19,20). The Morgan fingerprint density at radius 1 is 1.15 bits per heavy atom. The van der Waals surface area contributed by atoms with Crippen molar-refractivity contribution in [3.8, 4) is 0 Å². The summed E-state index contributed by atoms with van der Waals surface area (Å²) < 4.78 is 0. The number of aromatic amines is 1. The molecule has 0 radical (unpaired) electrons. The number of hydrogen-bond acceptors (Lipinski definition) is 4. The molecule has 0 saturated heterocycles. The van der Waals surface area contributed by atoms with Gasteiger partial charge in [0.1, 0.15) is 5.52 Å². The molecular weight excluding hydrogens is 297 g/mol. The topological polar surface area (TPSA) is 79.6 Å². The number of nitrogens with two attached hydrogens (primary N) is 1. The SMILES string of the molecule is Nc1nc(NCc2c(Cl)cccc2Cl)c2[nH]ccc2n1. The molecule has 0 saturated carbocycles. The summed E-state index contributed by atoms with van der Waals surface area (Å²) in [7, 11) is 0. The molecule has 7 heteroatoms. The van der Waals surface area contributed by atoms with E-state index in [0.29, 0.717) is 22.4 Å². The number of nitrogen functional groups attached to an aromatic ring is 1. The molecule has 0 amide bonds. The molecule has 4 N–H and O–H groups in total. The van der Waals surface area contributed by atoms with Gasteiger partial charge in [-0.1, -0.05) is 29.3 Å². The zero-order valence-corrected chi connectivity index (χ0v) is 11.8. The van der Waals surface area contributed by atoms with Gasteiger partial charge in [-0.05, 0) is 18.2 Å². The van der Waals surface area contributed by atoms with Gasteiger partial charge in [-0.25, -0.2) is 4.98 Å². The van der Waals surface area contributed by atoms with Crippen LogP contribution in [-0.2, 0) is 6.54 Å². The third-order valence-electron chi connectivity index (χ3n) is 2.92. The van der Waals surface area contributed by atoms with Crippen molar-refractivity contribution in [2.45, 2.75) is 6.54 Å². The summed E-state index contributed by atoms with van der Waals surface area (Å²) in [5, 5.41) is 4.39. The summed E-state index contributed by atoms with van der Waals surface area (Å²) in [6.07, 6.45) is 1.78. The molecule has 2 heterocycles. The van der Waals surface area contributed by atoms with Crippen molar-refractivity contribution in [3.63, 3.8) is 0 Å². The second-order valence-corrected chi connectivity index (χ2v) is 5.04. The van der Waals surface area contributed by atoms with Crippen LogP contribution in [0.4, 0.5) is 11.8 Å². The lowest BCUT2D eigenvalue weighted by molar-refractivity contribution is 1.10. The van der Waals surface area contributed by atoms with E-state index in [0.717, 1.165) is 16.6 Å². The maximum Gasteiger partial charge on any atom is 0.222 e. The molecule has 0 aliphatic heterocycles. The largest absolute Gasteiger partial charge is 0.368 e. The Hall–Kier alpha value is -1.98. The second-order valence-electron chi connectivity index (χ2n) is 4.22. The van der Waals surface area contributed by atoms with Crippen LogP contribution in [-0.4, -0.2) is 15.0 Å². The van der Waals surface area contributed by atoms with Gasteiger partial charge in [-0.15, -0.1) is 0 Å². The van der Waals surface area contributed by atoms with Gasteiger partial charge >= 0.3 is 0 Å². The van der Waals surface area contributed by atoms with Gasteiger partial charge in [0.05, 0.1) is 5.52 Å². The predicted molar refractivity (Wildman–Crippen MR) is 82.1 cm³/mol. The normalized spacial score (nSPS) is 10.9. The minimum atomic E-state index is 0.213. The molecular formula is C13H11Cl2N5. The summed E-state index contributed by atoms with van der Waals surface area (Å²) in [5.74, 6) is 0.832. The lowest BCUT2D eigenvalue weighted by Gasteiger charge is -2.10. The van der Waals surface area contributed by atoms with Crippen molar-refractivity contribution < 1.29 is 0 Å². The second kappa shape index (κ2) is 5.19. The van der Waals surface area contributed by atoms with Gasteiger partial charge in [0.25, 0.3) is 0 Å². The first-order valence-corrected chi connectivity index (χ1v) is 6.68. The number of halogens is 2. The third kappa shape index (κ3) is 2.37. The maximum absolute atomic E-state index is 6.13.